The van der Waals surface area contributed by atoms with Gasteiger partial charge in [-0.3, -0.25) is 9.59 Å². The molecule has 0 unspecified atom stereocenters. The van der Waals surface area contributed by atoms with Crippen LogP contribution >= 0.6 is 12.6 Å². The van der Waals surface area contributed by atoms with Gasteiger partial charge in [-0.05, 0) is 0 Å². The Morgan fingerprint density at radius 1 is 1.67 bits per heavy atom. The molecule has 1 atom stereocenters. The molecule has 0 saturated carbocycles. The molecule has 0 fully saturated rings. The maximum Gasteiger partial charge on any atom is 0.330 e. The molecule has 9 heavy (non-hydrogen) atoms. The van der Waals surface area contributed by atoms with Crippen LogP contribution in [0.1, 0.15) is 0 Å². The number of thiol groups is 1. The van der Waals surface area contributed by atoms with Crippen LogP contribution in [-0.2, 0) is 14.3 Å². The predicted molar refractivity (Wildman–Crippen MR) is 32.4 cm³/mol. The molecular formula is C4H6O4S. The minimum Gasteiger partial charge on any atom is -0.480 e. The number of hydrogen-bond donors (Lipinski definition) is 2. The molecule has 0 aliphatic rings. The van der Waals surface area contributed by atoms with Gasteiger partial charge in [0.25, 0.3) is 0 Å². The first-order valence-electron chi connectivity index (χ1n) is 2.08. The molecule has 0 aromatic carbocycles. The first-order valence-corrected chi connectivity index (χ1v) is 2.60. The summed E-state index contributed by atoms with van der Waals surface area (Å²) in [6.45, 7) is 0. The molecule has 0 bridgehead atoms. The summed E-state index contributed by atoms with van der Waals surface area (Å²) in [5, 5.41) is 6.74. The van der Waals surface area contributed by atoms with E-state index in [4.69, 9.17) is 5.11 Å². The number of rotatable bonds is 2. The second-order valence-electron chi connectivity index (χ2n) is 1.26. The van der Waals surface area contributed by atoms with E-state index in [1.807, 2.05) is 0 Å². The number of carbonyl (C=O) groups is 2. The van der Waals surface area contributed by atoms with Crippen LogP contribution < -0.4 is 0 Å². The summed E-state index contributed by atoms with van der Waals surface area (Å²) in [5.74, 6) is -2.16. The summed E-state index contributed by atoms with van der Waals surface area (Å²) >= 11 is 3.43. The van der Waals surface area contributed by atoms with Gasteiger partial charge in [0.2, 0.25) is 0 Å². The van der Waals surface area contributed by atoms with Crippen LogP contribution in [0, 0.1) is 0 Å². The van der Waals surface area contributed by atoms with Crippen molar-refractivity contribution in [1.29, 1.82) is 0 Å². The van der Waals surface area contributed by atoms with Gasteiger partial charge in [-0.25, -0.2) is 0 Å². The predicted octanol–water partition coefficient (Wildman–Crippen LogP) is -0.458. The quantitative estimate of drug-likeness (QED) is 0.317. The number of methoxy groups -OCH3 is 1. The van der Waals surface area contributed by atoms with E-state index < -0.39 is 17.2 Å². The van der Waals surface area contributed by atoms with Crippen LogP contribution in [0.15, 0.2) is 0 Å². The molecule has 0 heterocycles. The first-order chi connectivity index (χ1) is 4.09. The van der Waals surface area contributed by atoms with Gasteiger partial charge in [-0.15, -0.1) is 0 Å². The van der Waals surface area contributed by atoms with E-state index in [9.17, 15) is 9.59 Å². The summed E-state index contributed by atoms with van der Waals surface area (Å²) in [6, 6.07) is 0. The second kappa shape index (κ2) is 3.34. The van der Waals surface area contributed by atoms with Gasteiger partial charge in [0.05, 0.1) is 7.11 Å². The third-order valence-electron chi connectivity index (χ3n) is 0.658. The monoisotopic (exact) mass is 150 g/mol. The zero-order chi connectivity index (χ0) is 7.44. The Morgan fingerprint density at radius 3 is 2.22 bits per heavy atom. The maximum absolute atomic E-state index is 10.3. The van der Waals surface area contributed by atoms with E-state index in [1.165, 1.54) is 0 Å². The number of carboxylic acid groups (broad SMARTS) is 1. The fourth-order valence-electron chi connectivity index (χ4n) is 0.212. The van der Waals surface area contributed by atoms with Crippen molar-refractivity contribution in [3.8, 4) is 0 Å². The normalized spacial score (nSPS) is 12.2. The van der Waals surface area contributed by atoms with Crippen LogP contribution in [0.3, 0.4) is 0 Å². The van der Waals surface area contributed by atoms with Crippen molar-refractivity contribution in [2.75, 3.05) is 7.11 Å². The maximum atomic E-state index is 10.3. The highest BCUT2D eigenvalue weighted by Gasteiger charge is 2.21. The SMILES string of the molecule is COC(=O)[C@@H](S)C(=O)O. The zero-order valence-corrected chi connectivity index (χ0v) is 5.59. The summed E-state index contributed by atoms with van der Waals surface area (Å²) in [7, 11) is 1.11. The molecule has 5 heteroatoms. The average molecular weight is 150 g/mol. The van der Waals surface area contributed by atoms with E-state index >= 15 is 0 Å². The molecule has 1 N–H and O–H groups in total. The summed E-state index contributed by atoms with van der Waals surface area (Å²) in [6.07, 6.45) is 0. The molecule has 4 nitrogen and oxygen atoms in total. The van der Waals surface area contributed by atoms with Gasteiger partial charge in [-0.1, -0.05) is 0 Å². The summed E-state index contributed by atoms with van der Waals surface area (Å²) in [5.41, 5.74) is 0. The molecule has 0 aromatic heterocycles. The number of ether oxygens (including phenoxy) is 1. The largest absolute Gasteiger partial charge is 0.480 e. The topological polar surface area (TPSA) is 63.6 Å². The van der Waals surface area contributed by atoms with Crippen LogP contribution in [0.25, 0.3) is 0 Å². The molecule has 0 radical (unpaired) electrons. The highest BCUT2D eigenvalue weighted by Crippen LogP contribution is 1.96. The Hall–Kier alpha value is -0.710. The third-order valence-corrected chi connectivity index (χ3v) is 1.09. The number of aliphatic carboxylic acids is 1. The molecule has 0 amide bonds. The average Bonchev–Trinajstić information content (AvgIpc) is 1.84. The fraction of sp³-hybridized carbons (Fsp3) is 0.500. The van der Waals surface area contributed by atoms with Crippen molar-refractivity contribution >= 4 is 24.6 Å². The van der Waals surface area contributed by atoms with Crippen LogP contribution in [0.2, 0.25) is 0 Å². The lowest BCUT2D eigenvalue weighted by atomic mass is 10.4. The molecule has 0 spiro atoms. The van der Waals surface area contributed by atoms with Gasteiger partial charge in [0.1, 0.15) is 0 Å². The highest BCUT2D eigenvalue weighted by molar-refractivity contribution is 7.82. The molecule has 0 aliphatic carbocycles. The van der Waals surface area contributed by atoms with Crippen molar-refractivity contribution < 1.29 is 19.4 Å². The summed E-state index contributed by atoms with van der Waals surface area (Å²) < 4.78 is 4.08. The van der Waals surface area contributed by atoms with Gasteiger partial charge in [0, 0.05) is 0 Å². The highest BCUT2D eigenvalue weighted by atomic mass is 32.1. The molecule has 0 rings (SSSR count). The van der Waals surface area contributed by atoms with E-state index in [2.05, 4.69) is 17.4 Å². The lowest BCUT2D eigenvalue weighted by Crippen LogP contribution is -2.25. The molecule has 52 valence electrons. The van der Waals surface area contributed by atoms with Crippen molar-refractivity contribution in [3.63, 3.8) is 0 Å². The summed E-state index contributed by atoms with van der Waals surface area (Å²) in [4.78, 5) is 20.2. The molecular weight excluding hydrogens is 144 g/mol. The lowest BCUT2D eigenvalue weighted by molar-refractivity contribution is -0.148. The Labute approximate surface area is 57.2 Å². The van der Waals surface area contributed by atoms with E-state index in [1.54, 1.807) is 0 Å². The van der Waals surface area contributed by atoms with Crippen LogP contribution in [-0.4, -0.2) is 29.4 Å². The number of carboxylic acids is 1. The lowest BCUT2D eigenvalue weighted by Gasteiger charge is -1.99. The van der Waals surface area contributed by atoms with Crippen molar-refractivity contribution in [1.82, 2.24) is 0 Å². The van der Waals surface area contributed by atoms with E-state index in [0.29, 0.717) is 0 Å². The minimum absolute atomic E-state index is 0.856. The van der Waals surface area contributed by atoms with Gasteiger partial charge >= 0.3 is 11.9 Å². The first kappa shape index (κ1) is 8.29. The molecule has 0 aromatic rings. The number of carbonyl (C=O) groups excluding carboxylic acids is 1. The van der Waals surface area contributed by atoms with Crippen LogP contribution in [0.5, 0.6) is 0 Å². The smallest absolute Gasteiger partial charge is 0.330 e. The van der Waals surface area contributed by atoms with Crippen molar-refractivity contribution in [2.24, 2.45) is 0 Å². The van der Waals surface area contributed by atoms with Gasteiger partial charge < -0.3 is 9.84 Å². The third kappa shape index (κ3) is 2.36. The Morgan fingerprint density at radius 2 is 2.11 bits per heavy atom. The number of esters is 1. The second-order valence-corrected chi connectivity index (χ2v) is 1.78. The Kier molecular flexibility index (Phi) is 3.08. The van der Waals surface area contributed by atoms with Crippen molar-refractivity contribution in [3.05, 3.63) is 0 Å². The van der Waals surface area contributed by atoms with E-state index in [0.717, 1.165) is 7.11 Å². The van der Waals surface area contributed by atoms with Gasteiger partial charge in [-0.2, -0.15) is 12.6 Å². The Balaban J connectivity index is 3.88. The Bertz CT molecular complexity index is 133. The van der Waals surface area contributed by atoms with Gasteiger partial charge in [0.15, 0.2) is 5.25 Å². The van der Waals surface area contributed by atoms with Crippen molar-refractivity contribution in [2.45, 2.75) is 5.25 Å². The molecule has 0 saturated heterocycles. The van der Waals surface area contributed by atoms with E-state index in [-0.39, 0.29) is 0 Å². The van der Waals surface area contributed by atoms with Crippen LogP contribution in [0.4, 0.5) is 0 Å². The standard InChI is InChI=1S/C4H6O4S/c1-8-4(7)2(9)3(5)6/h2,9H,1H3,(H,5,6)/t2-/m0/s1. The molecule has 0 aliphatic heterocycles. The fourth-order valence-corrected chi connectivity index (χ4v) is 0.318. The number of hydrogen-bond acceptors (Lipinski definition) is 4. The minimum atomic E-state index is -1.37. The zero-order valence-electron chi connectivity index (χ0n) is 4.70.